The number of benzene rings is 4. The lowest BCUT2D eigenvalue weighted by Crippen LogP contribution is -2.33. The summed E-state index contributed by atoms with van der Waals surface area (Å²) < 4.78 is 12.7. The molecular weight excluding hydrogens is 460 g/mol. The largest absolute Gasteiger partial charge is 0.456 e. The van der Waals surface area contributed by atoms with Crippen LogP contribution in [0.15, 0.2) is 84.9 Å². The second-order valence-corrected chi connectivity index (χ2v) is 10.1. The van der Waals surface area contributed by atoms with Crippen molar-refractivity contribution in [1.29, 1.82) is 0 Å². The minimum Gasteiger partial charge on any atom is -0.456 e. The number of hydrogen-bond donors (Lipinski definition) is 1. The summed E-state index contributed by atoms with van der Waals surface area (Å²) in [6.45, 7) is 4.30. The van der Waals surface area contributed by atoms with E-state index in [-0.39, 0.29) is 5.97 Å². The third-order valence-corrected chi connectivity index (χ3v) is 7.74. The summed E-state index contributed by atoms with van der Waals surface area (Å²) >= 11 is 0. The number of aryl methyl sites for hydroxylation is 1. The van der Waals surface area contributed by atoms with Gasteiger partial charge >= 0.3 is 5.97 Å². The van der Waals surface area contributed by atoms with E-state index in [1.807, 2.05) is 61.5 Å². The van der Waals surface area contributed by atoms with Gasteiger partial charge in [0.05, 0.1) is 5.56 Å². The fourth-order valence-electron chi connectivity index (χ4n) is 5.94. The van der Waals surface area contributed by atoms with Crippen molar-refractivity contribution in [3.05, 3.63) is 113 Å². The van der Waals surface area contributed by atoms with Crippen LogP contribution in [0.25, 0.3) is 0 Å². The Labute approximate surface area is 216 Å². The zero-order valence-electron chi connectivity index (χ0n) is 20.8. The Morgan fingerprint density at radius 3 is 2.38 bits per heavy atom. The van der Waals surface area contributed by atoms with Crippen LogP contribution < -0.4 is 15.0 Å². The van der Waals surface area contributed by atoms with Gasteiger partial charge in [-0.05, 0) is 80.8 Å². The van der Waals surface area contributed by atoms with Crippen LogP contribution in [-0.2, 0) is 10.3 Å². The summed E-state index contributed by atoms with van der Waals surface area (Å²) in [5.74, 6) is 1.06. The lowest BCUT2D eigenvalue weighted by molar-refractivity contribution is 0.0224. The van der Waals surface area contributed by atoms with Gasteiger partial charge in [0.1, 0.15) is 11.5 Å². The third-order valence-electron chi connectivity index (χ3n) is 7.74. The molecule has 4 aromatic rings. The lowest BCUT2D eigenvalue weighted by Gasteiger charge is -2.37. The molecule has 1 saturated heterocycles. The number of nitrogens with one attached hydrogen (secondary N) is 1. The van der Waals surface area contributed by atoms with Crippen LogP contribution in [0.4, 0.5) is 17.1 Å². The van der Waals surface area contributed by atoms with E-state index in [9.17, 15) is 4.79 Å². The lowest BCUT2D eigenvalue weighted by atomic mass is 9.77. The molecule has 0 radical (unpaired) electrons. The molecule has 184 valence electrons. The molecule has 5 heteroatoms. The van der Waals surface area contributed by atoms with Crippen LogP contribution in [0.2, 0.25) is 0 Å². The van der Waals surface area contributed by atoms with E-state index in [4.69, 9.17) is 9.47 Å². The van der Waals surface area contributed by atoms with Gasteiger partial charge in [-0.2, -0.15) is 0 Å². The molecule has 4 aromatic carbocycles. The van der Waals surface area contributed by atoms with E-state index in [0.717, 1.165) is 46.7 Å². The zero-order valence-corrected chi connectivity index (χ0v) is 20.8. The van der Waals surface area contributed by atoms with Crippen molar-refractivity contribution in [2.75, 3.05) is 23.3 Å². The first kappa shape index (κ1) is 22.0. The van der Waals surface area contributed by atoms with E-state index in [1.54, 1.807) is 0 Å². The van der Waals surface area contributed by atoms with Gasteiger partial charge in [0, 0.05) is 52.9 Å². The smallest absolute Gasteiger partial charge is 0.340 e. The maximum Gasteiger partial charge on any atom is 0.340 e. The molecule has 1 fully saturated rings. The van der Waals surface area contributed by atoms with Crippen molar-refractivity contribution >= 4 is 23.0 Å². The van der Waals surface area contributed by atoms with Crippen molar-refractivity contribution in [2.45, 2.75) is 31.8 Å². The highest BCUT2D eigenvalue weighted by Crippen LogP contribution is 2.56. The Hall–Kier alpha value is -4.25. The maximum absolute atomic E-state index is 13.0. The van der Waals surface area contributed by atoms with Gasteiger partial charge in [-0.1, -0.05) is 29.8 Å². The summed E-state index contributed by atoms with van der Waals surface area (Å²) in [6, 6.07) is 28.3. The fraction of sp³-hybridized carbons (Fsp3) is 0.219. The number of piperidine rings is 1. The van der Waals surface area contributed by atoms with Crippen molar-refractivity contribution in [2.24, 2.45) is 0 Å². The first-order valence-electron chi connectivity index (χ1n) is 13.0. The number of hydrogen-bond acceptors (Lipinski definition) is 5. The van der Waals surface area contributed by atoms with Crippen molar-refractivity contribution in [1.82, 2.24) is 0 Å². The van der Waals surface area contributed by atoms with Gasteiger partial charge < -0.3 is 19.7 Å². The molecule has 37 heavy (non-hydrogen) atoms. The van der Waals surface area contributed by atoms with E-state index in [2.05, 4.69) is 40.5 Å². The number of fused-ring (bicyclic) bond motifs is 6. The van der Waals surface area contributed by atoms with Gasteiger partial charge in [0.25, 0.3) is 0 Å². The molecule has 0 aliphatic carbocycles. The van der Waals surface area contributed by atoms with Crippen LogP contribution in [0.1, 0.15) is 51.9 Å². The fourth-order valence-corrected chi connectivity index (χ4v) is 5.94. The SMILES string of the molecule is Cc1ccc2c(c1)C1(OC(=O)c3ccccc31)c1ccc(Nc3ccc(N4CCCCC4)cc3)cc1O2. The van der Waals surface area contributed by atoms with Gasteiger partial charge in [-0.25, -0.2) is 4.79 Å². The molecule has 0 bridgehead atoms. The quantitative estimate of drug-likeness (QED) is 0.307. The molecule has 1 atom stereocenters. The third kappa shape index (κ3) is 3.49. The molecule has 0 saturated carbocycles. The maximum atomic E-state index is 13.0. The second-order valence-electron chi connectivity index (χ2n) is 10.1. The molecule has 7 rings (SSSR count). The molecule has 1 N–H and O–H groups in total. The molecular formula is C32H28N2O3. The molecule has 1 unspecified atom stereocenters. The van der Waals surface area contributed by atoms with E-state index < -0.39 is 5.60 Å². The zero-order chi connectivity index (χ0) is 25.0. The Bertz CT molecular complexity index is 1520. The Balaban J connectivity index is 1.26. The number of ether oxygens (including phenoxy) is 2. The number of rotatable bonds is 3. The number of nitrogens with zero attached hydrogens (tertiary/aromatic N) is 1. The van der Waals surface area contributed by atoms with Crippen LogP contribution in [0.3, 0.4) is 0 Å². The van der Waals surface area contributed by atoms with Gasteiger partial charge in [0.15, 0.2) is 5.60 Å². The minimum atomic E-state index is -1.03. The first-order chi connectivity index (χ1) is 18.1. The monoisotopic (exact) mass is 488 g/mol. The standard InChI is InChI=1S/C32H28N2O3/c1-21-9-16-29-28(19-21)32(26-8-4-3-7-25(26)31(35)37-32)27-15-12-23(20-30(27)36-29)33-22-10-13-24(14-11-22)34-17-5-2-6-18-34/h3-4,7-16,19-20,33H,2,5-6,17-18H2,1H3. The van der Waals surface area contributed by atoms with Gasteiger partial charge in [0.2, 0.25) is 0 Å². The molecule has 3 heterocycles. The van der Waals surface area contributed by atoms with Crippen LogP contribution in [0, 0.1) is 6.92 Å². The number of carbonyl (C=O) groups excluding carboxylic acids is 1. The highest BCUT2D eigenvalue weighted by molar-refractivity contribution is 5.97. The van der Waals surface area contributed by atoms with E-state index in [0.29, 0.717) is 17.1 Å². The normalized spacial score (nSPS) is 19.5. The van der Waals surface area contributed by atoms with Crippen LogP contribution in [0.5, 0.6) is 11.5 Å². The number of anilines is 3. The second kappa shape index (κ2) is 8.41. The highest BCUT2D eigenvalue weighted by Gasteiger charge is 2.53. The molecule has 3 aliphatic rings. The Kier molecular flexibility index (Phi) is 5.00. The minimum absolute atomic E-state index is 0.313. The molecule has 5 nitrogen and oxygen atoms in total. The van der Waals surface area contributed by atoms with Crippen molar-refractivity contribution in [3.8, 4) is 11.5 Å². The molecule has 0 amide bonds. The first-order valence-corrected chi connectivity index (χ1v) is 13.0. The summed E-state index contributed by atoms with van der Waals surface area (Å²) in [7, 11) is 0. The van der Waals surface area contributed by atoms with Gasteiger partial charge in [-0.3, -0.25) is 0 Å². The Morgan fingerprint density at radius 2 is 1.54 bits per heavy atom. The topological polar surface area (TPSA) is 50.8 Å². The average Bonchev–Trinajstić information content (AvgIpc) is 3.23. The summed E-state index contributed by atoms with van der Waals surface area (Å²) in [5, 5.41) is 3.52. The Morgan fingerprint density at radius 1 is 0.757 bits per heavy atom. The molecule has 3 aliphatic heterocycles. The highest BCUT2D eigenvalue weighted by atomic mass is 16.6. The molecule has 1 spiro atoms. The predicted molar refractivity (Wildman–Crippen MR) is 145 cm³/mol. The van der Waals surface area contributed by atoms with Gasteiger partial charge in [-0.15, -0.1) is 0 Å². The number of esters is 1. The van der Waals surface area contributed by atoms with E-state index in [1.165, 1.54) is 24.9 Å². The molecule has 0 aromatic heterocycles. The summed E-state index contributed by atoms with van der Waals surface area (Å²) in [5.41, 5.74) is 6.38. The van der Waals surface area contributed by atoms with Crippen LogP contribution in [-0.4, -0.2) is 19.1 Å². The number of carbonyl (C=O) groups is 1. The van der Waals surface area contributed by atoms with E-state index >= 15 is 0 Å². The van der Waals surface area contributed by atoms with Crippen molar-refractivity contribution < 1.29 is 14.3 Å². The average molecular weight is 489 g/mol. The predicted octanol–water partition coefficient (Wildman–Crippen LogP) is 7.30. The van der Waals surface area contributed by atoms with Crippen LogP contribution >= 0.6 is 0 Å². The summed E-state index contributed by atoms with van der Waals surface area (Å²) in [6.07, 6.45) is 3.85. The summed E-state index contributed by atoms with van der Waals surface area (Å²) in [4.78, 5) is 15.5. The van der Waals surface area contributed by atoms with Crippen molar-refractivity contribution in [3.63, 3.8) is 0 Å².